The van der Waals surface area contributed by atoms with Crippen molar-refractivity contribution in [2.24, 2.45) is 5.73 Å². The Labute approximate surface area is 109 Å². The van der Waals surface area contributed by atoms with Crippen molar-refractivity contribution in [3.8, 4) is 0 Å². The maximum atomic E-state index is 9.53. The summed E-state index contributed by atoms with van der Waals surface area (Å²) in [5.74, 6) is 3.20. The van der Waals surface area contributed by atoms with Crippen LogP contribution in [0.1, 0.15) is 36.4 Å². The number of thioether (sulfide) groups is 2. The molecule has 1 fully saturated rings. The zero-order valence-electron chi connectivity index (χ0n) is 9.70. The van der Waals surface area contributed by atoms with Crippen molar-refractivity contribution in [2.45, 2.75) is 29.9 Å². The van der Waals surface area contributed by atoms with E-state index in [2.05, 4.69) is 17.1 Å². The number of hydrogen-bond donors (Lipinski definition) is 2. The van der Waals surface area contributed by atoms with E-state index < -0.39 is 6.10 Å². The molecule has 2 heterocycles. The molecule has 3 N–H and O–H groups in total. The molecule has 1 aromatic heterocycles. The molecule has 1 aliphatic rings. The van der Waals surface area contributed by atoms with E-state index in [9.17, 15) is 5.11 Å². The molecule has 0 radical (unpaired) electrons. The van der Waals surface area contributed by atoms with Crippen LogP contribution in [0.5, 0.6) is 0 Å². The molecule has 0 saturated carbocycles. The number of aromatic nitrogens is 2. The first-order valence-corrected chi connectivity index (χ1v) is 7.80. The van der Waals surface area contributed by atoms with Gasteiger partial charge in [-0.3, -0.25) is 0 Å². The van der Waals surface area contributed by atoms with Crippen molar-refractivity contribution in [1.82, 2.24) is 10.1 Å². The molecule has 0 aliphatic carbocycles. The summed E-state index contributed by atoms with van der Waals surface area (Å²) in [4.78, 5) is 4.26. The van der Waals surface area contributed by atoms with Crippen LogP contribution >= 0.6 is 23.5 Å². The zero-order chi connectivity index (χ0) is 12.3. The van der Waals surface area contributed by atoms with Crippen molar-refractivity contribution in [1.29, 1.82) is 0 Å². The molecule has 1 aliphatic heterocycles. The molecule has 96 valence electrons. The summed E-state index contributed by atoms with van der Waals surface area (Å²) in [6.45, 7) is 2.28. The Morgan fingerprint density at radius 1 is 1.53 bits per heavy atom. The molecule has 0 bridgehead atoms. The Morgan fingerprint density at radius 3 is 3.00 bits per heavy atom. The summed E-state index contributed by atoms with van der Waals surface area (Å²) < 4.78 is 5.05. The van der Waals surface area contributed by atoms with E-state index in [1.165, 1.54) is 5.75 Å². The van der Waals surface area contributed by atoms with Crippen LogP contribution in [-0.2, 0) is 0 Å². The number of hydrogen-bond acceptors (Lipinski definition) is 7. The van der Waals surface area contributed by atoms with E-state index in [1.54, 1.807) is 0 Å². The second-order valence-electron chi connectivity index (χ2n) is 3.85. The average molecular weight is 275 g/mol. The SMILES string of the molecule is CCC1SCCSC1c1noc(C(O)CN)n1. The molecular formula is C10H17N3O2S2. The van der Waals surface area contributed by atoms with Crippen LogP contribution in [0, 0.1) is 0 Å². The van der Waals surface area contributed by atoms with Gasteiger partial charge >= 0.3 is 0 Å². The van der Waals surface area contributed by atoms with Crippen LogP contribution in [-0.4, -0.2) is 38.5 Å². The first-order chi connectivity index (χ1) is 8.26. The fraction of sp³-hybridized carbons (Fsp3) is 0.800. The maximum absolute atomic E-state index is 9.53. The second-order valence-corrected chi connectivity index (χ2v) is 6.45. The van der Waals surface area contributed by atoms with Crippen LogP contribution in [0.15, 0.2) is 4.52 Å². The summed E-state index contributed by atoms with van der Waals surface area (Å²) in [6.07, 6.45) is 0.239. The highest BCUT2D eigenvalue weighted by molar-refractivity contribution is 8.06. The normalized spacial score (nSPS) is 27.0. The van der Waals surface area contributed by atoms with Crippen molar-refractivity contribution in [2.75, 3.05) is 18.1 Å². The van der Waals surface area contributed by atoms with Gasteiger partial charge in [0, 0.05) is 23.3 Å². The van der Waals surface area contributed by atoms with Gasteiger partial charge < -0.3 is 15.4 Å². The number of rotatable bonds is 4. The summed E-state index contributed by atoms with van der Waals surface area (Å²) in [5.41, 5.74) is 5.36. The lowest BCUT2D eigenvalue weighted by Gasteiger charge is -2.27. The van der Waals surface area contributed by atoms with E-state index in [0.717, 1.165) is 12.2 Å². The van der Waals surface area contributed by atoms with Gasteiger partial charge in [0.05, 0.1) is 5.25 Å². The Morgan fingerprint density at radius 2 is 2.29 bits per heavy atom. The highest BCUT2D eigenvalue weighted by Gasteiger charge is 2.31. The van der Waals surface area contributed by atoms with Crippen LogP contribution in [0.4, 0.5) is 0 Å². The molecule has 7 heteroatoms. The number of aliphatic hydroxyl groups excluding tert-OH is 1. The second kappa shape index (κ2) is 6.08. The predicted molar refractivity (Wildman–Crippen MR) is 70.0 cm³/mol. The lowest BCUT2D eigenvalue weighted by Crippen LogP contribution is -2.19. The van der Waals surface area contributed by atoms with Crippen molar-refractivity contribution in [3.05, 3.63) is 11.7 Å². The number of nitrogens with two attached hydrogens (primary N) is 1. The van der Waals surface area contributed by atoms with Gasteiger partial charge in [-0.1, -0.05) is 12.1 Å². The van der Waals surface area contributed by atoms with Gasteiger partial charge in [0.15, 0.2) is 5.82 Å². The molecule has 1 aromatic rings. The third-order valence-corrected chi connectivity index (χ3v) is 5.92. The minimum atomic E-state index is -0.849. The fourth-order valence-corrected chi connectivity index (χ4v) is 4.72. The number of aliphatic hydroxyl groups is 1. The number of nitrogens with zero attached hydrogens (tertiary/aromatic N) is 2. The minimum absolute atomic E-state index is 0.103. The largest absolute Gasteiger partial charge is 0.382 e. The van der Waals surface area contributed by atoms with Crippen LogP contribution < -0.4 is 5.73 Å². The van der Waals surface area contributed by atoms with Gasteiger partial charge in [-0.05, 0) is 6.42 Å². The fourth-order valence-electron chi connectivity index (χ4n) is 1.74. The smallest absolute Gasteiger partial charge is 0.256 e. The van der Waals surface area contributed by atoms with Gasteiger partial charge in [0.2, 0.25) is 0 Å². The Balaban J connectivity index is 2.12. The lowest BCUT2D eigenvalue weighted by atomic mass is 10.2. The van der Waals surface area contributed by atoms with Crippen LogP contribution in [0.3, 0.4) is 0 Å². The van der Waals surface area contributed by atoms with Gasteiger partial charge in [-0.15, -0.1) is 11.8 Å². The van der Waals surface area contributed by atoms with E-state index in [0.29, 0.717) is 11.1 Å². The van der Waals surface area contributed by atoms with Gasteiger partial charge in [0.25, 0.3) is 5.89 Å². The van der Waals surface area contributed by atoms with Crippen molar-refractivity contribution < 1.29 is 9.63 Å². The highest BCUT2D eigenvalue weighted by atomic mass is 32.2. The third-order valence-electron chi connectivity index (χ3n) is 2.67. The molecular weight excluding hydrogens is 258 g/mol. The minimum Gasteiger partial charge on any atom is -0.382 e. The van der Waals surface area contributed by atoms with Gasteiger partial charge in [-0.2, -0.15) is 16.7 Å². The monoisotopic (exact) mass is 275 g/mol. The van der Waals surface area contributed by atoms with E-state index in [1.807, 2.05) is 23.5 Å². The molecule has 5 nitrogen and oxygen atoms in total. The molecule has 3 unspecified atom stereocenters. The lowest BCUT2D eigenvalue weighted by molar-refractivity contribution is 0.141. The Kier molecular flexibility index (Phi) is 4.72. The van der Waals surface area contributed by atoms with Gasteiger partial charge in [0.1, 0.15) is 6.10 Å². The summed E-state index contributed by atoms with van der Waals surface area (Å²) in [5, 5.41) is 14.3. The molecule has 0 amide bonds. The zero-order valence-corrected chi connectivity index (χ0v) is 11.3. The maximum Gasteiger partial charge on any atom is 0.256 e. The standard InChI is InChI=1S/C10H17N3O2S2/c1-2-7-8(17-4-3-16-7)9-12-10(15-13-9)6(14)5-11/h6-8,14H,2-5,11H2,1H3. The summed E-state index contributed by atoms with van der Waals surface area (Å²) >= 11 is 3.82. The molecule has 3 atom stereocenters. The van der Waals surface area contributed by atoms with E-state index >= 15 is 0 Å². The van der Waals surface area contributed by atoms with Crippen LogP contribution in [0.25, 0.3) is 0 Å². The Bertz CT molecular complexity index is 361. The van der Waals surface area contributed by atoms with E-state index in [-0.39, 0.29) is 17.7 Å². The van der Waals surface area contributed by atoms with Gasteiger partial charge in [-0.25, -0.2) is 0 Å². The quantitative estimate of drug-likeness (QED) is 0.858. The van der Waals surface area contributed by atoms with E-state index in [4.69, 9.17) is 10.3 Å². The topological polar surface area (TPSA) is 85.2 Å². The Hall–Kier alpha value is -0.240. The summed E-state index contributed by atoms with van der Waals surface area (Å²) in [6, 6.07) is 0. The van der Waals surface area contributed by atoms with Crippen molar-refractivity contribution in [3.63, 3.8) is 0 Å². The first kappa shape index (κ1) is 13.2. The average Bonchev–Trinajstić information content (AvgIpc) is 2.87. The predicted octanol–water partition coefficient (Wildman–Crippen LogP) is 1.36. The summed E-state index contributed by atoms with van der Waals surface area (Å²) in [7, 11) is 0. The van der Waals surface area contributed by atoms with Crippen LogP contribution in [0.2, 0.25) is 0 Å². The molecule has 17 heavy (non-hydrogen) atoms. The third kappa shape index (κ3) is 2.96. The highest BCUT2D eigenvalue weighted by Crippen LogP contribution is 2.42. The first-order valence-electron chi connectivity index (χ1n) is 5.71. The molecule has 1 saturated heterocycles. The van der Waals surface area contributed by atoms with Crippen molar-refractivity contribution >= 4 is 23.5 Å². The molecule has 0 aromatic carbocycles. The molecule has 2 rings (SSSR count). The molecule has 0 spiro atoms.